The second kappa shape index (κ2) is 16.6. The first kappa shape index (κ1) is 31.1. The van der Waals surface area contributed by atoms with E-state index >= 15 is 0 Å². The molecule has 216 valence electrons. The number of hydrogen-bond donors (Lipinski definition) is 1. The quantitative estimate of drug-likeness (QED) is 0.143. The molecule has 1 heterocycles. The normalized spacial score (nSPS) is 11.2. The maximum atomic E-state index is 12.3. The Labute approximate surface area is 242 Å². The number of rotatable bonds is 16. The number of aromatic nitrogens is 1. The number of ketones is 1. The van der Waals surface area contributed by atoms with Gasteiger partial charge >= 0.3 is 0 Å². The van der Waals surface area contributed by atoms with Gasteiger partial charge in [-0.15, -0.1) is 5.11 Å². The van der Waals surface area contributed by atoms with Crippen LogP contribution in [0.5, 0.6) is 5.75 Å². The van der Waals surface area contributed by atoms with Crippen LogP contribution >= 0.6 is 0 Å². The third-order valence-electron chi connectivity index (χ3n) is 6.44. The number of amides is 1. The van der Waals surface area contributed by atoms with Crippen LogP contribution in [-0.2, 0) is 9.59 Å². The molecule has 0 bridgehead atoms. The van der Waals surface area contributed by atoms with Gasteiger partial charge in [0.15, 0.2) is 0 Å². The van der Waals surface area contributed by atoms with Crippen LogP contribution in [0.4, 0.5) is 28.4 Å². The van der Waals surface area contributed by atoms with Crippen molar-refractivity contribution >= 4 is 40.1 Å². The summed E-state index contributed by atoms with van der Waals surface area (Å²) >= 11 is 0. The summed E-state index contributed by atoms with van der Waals surface area (Å²) in [6, 6.07) is 15.0. The Morgan fingerprint density at radius 1 is 0.878 bits per heavy atom. The van der Waals surface area contributed by atoms with Crippen molar-refractivity contribution in [3.8, 4) is 5.75 Å². The van der Waals surface area contributed by atoms with Gasteiger partial charge in [0, 0.05) is 56.6 Å². The number of nitrogens with one attached hydrogen (secondary N) is 1. The average molecular weight is 558 g/mol. The molecule has 0 saturated heterocycles. The van der Waals surface area contributed by atoms with Gasteiger partial charge in [0.2, 0.25) is 5.91 Å². The number of carbonyl (C=O) groups is 2. The second-order valence-corrected chi connectivity index (χ2v) is 9.62. The highest BCUT2D eigenvalue weighted by Gasteiger charge is 2.10. The zero-order valence-electron chi connectivity index (χ0n) is 24.3. The van der Waals surface area contributed by atoms with Gasteiger partial charge in [0.25, 0.3) is 0 Å². The Morgan fingerprint density at radius 3 is 2.22 bits per heavy atom. The van der Waals surface area contributed by atoms with E-state index in [2.05, 4.69) is 42.6 Å². The number of hydrogen-bond acceptors (Lipinski definition) is 9. The summed E-state index contributed by atoms with van der Waals surface area (Å²) in [6.45, 7) is 7.65. The largest absolute Gasteiger partial charge is 0.494 e. The number of carbonyl (C=O) groups excluding carboxylic acids is 2. The van der Waals surface area contributed by atoms with Crippen LogP contribution in [0.1, 0.15) is 51.5 Å². The fourth-order valence-corrected chi connectivity index (χ4v) is 4.07. The molecule has 1 amide bonds. The summed E-state index contributed by atoms with van der Waals surface area (Å²) in [7, 11) is 1.58. The van der Waals surface area contributed by atoms with Crippen LogP contribution in [-0.4, -0.2) is 43.4 Å². The molecule has 0 atom stereocenters. The lowest BCUT2D eigenvalue weighted by Crippen LogP contribution is -2.31. The van der Waals surface area contributed by atoms with Gasteiger partial charge in [-0.3, -0.25) is 9.78 Å². The summed E-state index contributed by atoms with van der Waals surface area (Å²) in [5.74, 6) is 0.799. The summed E-state index contributed by atoms with van der Waals surface area (Å²) in [5.41, 5.74) is 4.60. The maximum Gasteiger partial charge on any atom is 0.221 e. The molecule has 0 aliphatic heterocycles. The maximum absolute atomic E-state index is 12.3. The molecule has 3 rings (SSSR count). The molecular weight excluding hydrogens is 518 g/mol. The van der Waals surface area contributed by atoms with E-state index < -0.39 is 0 Å². The fourth-order valence-electron chi connectivity index (χ4n) is 4.07. The monoisotopic (exact) mass is 557 g/mol. The molecule has 0 aliphatic carbocycles. The van der Waals surface area contributed by atoms with Gasteiger partial charge < -0.3 is 19.7 Å². The SMILES string of the molecule is CCN(CCC(=O)NCCCCCC(C)=O)c1ccc(/N=N/c2cc(C)c(/N=N/c3ccncc3)cc2OC)cc1. The lowest BCUT2D eigenvalue weighted by atomic mass is 10.1. The topological polar surface area (TPSA) is 121 Å². The van der Waals surface area contributed by atoms with Crippen LogP contribution in [0, 0.1) is 6.92 Å². The molecule has 0 unspecified atom stereocenters. The minimum Gasteiger partial charge on any atom is -0.494 e. The number of pyridine rings is 1. The Morgan fingerprint density at radius 2 is 1.56 bits per heavy atom. The van der Waals surface area contributed by atoms with Crippen molar-refractivity contribution in [2.45, 2.75) is 52.9 Å². The van der Waals surface area contributed by atoms with Gasteiger partial charge in [-0.2, -0.15) is 15.3 Å². The van der Waals surface area contributed by atoms with E-state index in [-0.39, 0.29) is 11.7 Å². The third-order valence-corrected chi connectivity index (χ3v) is 6.44. The predicted molar refractivity (Wildman–Crippen MR) is 161 cm³/mol. The zero-order chi connectivity index (χ0) is 29.5. The first-order valence-electron chi connectivity index (χ1n) is 13.9. The van der Waals surface area contributed by atoms with Gasteiger partial charge in [-0.1, -0.05) is 6.42 Å². The summed E-state index contributed by atoms with van der Waals surface area (Å²) in [5, 5.41) is 20.4. The average Bonchev–Trinajstić information content (AvgIpc) is 2.98. The summed E-state index contributed by atoms with van der Waals surface area (Å²) < 4.78 is 5.53. The molecule has 1 N–H and O–H groups in total. The summed E-state index contributed by atoms with van der Waals surface area (Å²) in [6.07, 6.45) is 7.08. The number of nitrogens with zero attached hydrogens (tertiary/aromatic N) is 6. The van der Waals surface area contributed by atoms with E-state index in [1.165, 1.54) is 0 Å². The van der Waals surface area contributed by atoms with E-state index in [1.807, 2.05) is 37.3 Å². The summed E-state index contributed by atoms with van der Waals surface area (Å²) in [4.78, 5) is 29.4. The van der Waals surface area contributed by atoms with Crippen LogP contribution in [0.2, 0.25) is 0 Å². The molecule has 0 aliphatic rings. The van der Waals surface area contributed by atoms with Crippen molar-refractivity contribution in [3.63, 3.8) is 0 Å². The molecule has 3 aromatic rings. The lowest BCUT2D eigenvalue weighted by molar-refractivity contribution is -0.121. The predicted octanol–water partition coefficient (Wildman–Crippen LogP) is 7.71. The number of unbranched alkanes of at least 4 members (excludes halogenated alkanes) is 2. The fraction of sp³-hybridized carbons (Fsp3) is 0.387. The Bertz CT molecular complexity index is 1330. The number of ether oxygens (including phenoxy) is 1. The molecule has 1 aromatic heterocycles. The molecule has 41 heavy (non-hydrogen) atoms. The Hall–Kier alpha value is -4.47. The van der Waals surface area contributed by atoms with Crippen molar-refractivity contribution in [1.29, 1.82) is 0 Å². The number of benzene rings is 2. The molecule has 0 radical (unpaired) electrons. The molecule has 0 saturated carbocycles. The van der Waals surface area contributed by atoms with Crippen LogP contribution < -0.4 is 15.0 Å². The standard InChI is InChI=1S/C31H39N7O3/c1-5-38(20-16-31(40)33-17-8-6-7-9-24(3)39)27-12-10-25(11-13-27)34-37-29-21-23(2)28(22-30(29)41-4)36-35-26-14-18-32-19-15-26/h10-15,18-19,21-22H,5-9,16-17,20H2,1-4H3,(H,33,40)/b36-35+,37-34+. The third kappa shape index (κ3) is 10.6. The van der Waals surface area contributed by atoms with Gasteiger partial charge in [0.05, 0.1) is 24.2 Å². The number of Topliss-reactive ketones (excluding diaryl/α,β-unsaturated/α-hetero) is 1. The van der Waals surface area contributed by atoms with E-state index in [1.54, 1.807) is 44.6 Å². The van der Waals surface area contributed by atoms with Crippen molar-refractivity contribution < 1.29 is 14.3 Å². The highest BCUT2D eigenvalue weighted by molar-refractivity contribution is 5.76. The molecule has 10 nitrogen and oxygen atoms in total. The Balaban J connectivity index is 1.55. The van der Waals surface area contributed by atoms with Crippen molar-refractivity contribution in [2.24, 2.45) is 20.5 Å². The van der Waals surface area contributed by atoms with Crippen LogP contribution in [0.25, 0.3) is 0 Å². The van der Waals surface area contributed by atoms with Crippen molar-refractivity contribution in [1.82, 2.24) is 10.3 Å². The minimum atomic E-state index is 0.0366. The zero-order valence-corrected chi connectivity index (χ0v) is 24.3. The number of methoxy groups -OCH3 is 1. The van der Waals surface area contributed by atoms with E-state index in [9.17, 15) is 9.59 Å². The van der Waals surface area contributed by atoms with E-state index in [4.69, 9.17) is 4.74 Å². The van der Waals surface area contributed by atoms with E-state index in [0.29, 0.717) is 54.4 Å². The lowest BCUT2D eigenvalue weighted by Gasteiger charge is -2.23. The minimum absolute atomic E-state index is 0.0366. The number of aryl methyl sites for hydroxylation is 1. The van der Waals surface area contributed by atoms with Crippen molar-refractivity contribution in [3.05, 3.63) is 66.5 Å². The molecule has 0 spiro atoms. The first-order chi connectivity index (χ1) is 19.9. The highest BCUT2D eigenvalue weighted by atomic mass is 16.5. The Kier molecular flexibility index (Phi) is 12.6. The van der Waals surface area contributed by atoms with E-state index in [0.717, 1.165) is 37.1 Å². The first-order valence-corrected chi connectivity index (χ1v) is 13.9. The van der Waals surface area contributed by atoms with Crippen LogP contribution in [0.3, 0.4) is 0 Å². The second-order valence-electron chi connectivity index (χ2n) is 9.62. The van der Waals surface area contributed by atoms with Gasteiger partial charge in [-0.25, -0.2) is 0 Å². The highest BCUT2D eigenvalue weighted by Crippen LogP contribution is 2.36. The molecular formula is C31H39N7O3. The number of azo groups is 2. The molecule has 2 aromatic carbocycles. The van der Waals surface area contributed by atoms with Crippen LogP contribution in [0.15, 0.2) is 81.4 Å². The number of anilines is 1. The smallest absolute Gasteiger partial charge is 0.221 e. The molecule has 0 fully saturated rings. The van der Waals surface area contributed by atoms with Gasteiger partial charge in [0.1, 0.15) is 17.2 Å². The van der Waals surface area contributed by atoms with Crippen molar-refractivity contribution in [2.75, 3.05) is 31.6 Å². The van der Waals surface area contributed by atoms with Gasteiger partial charge in [-0.05, 0) is 81.6 Å². The molecule has 10 heteroatoms.